The van der Waals surface area contributed by atoms with Gasteiger partial charge in [0.05, 0.1) is 17.8 Å². The van der Waals surface area contributed by atoms with Gasteiger partial charge in [-0.15, -0.1) is 0 Å². The van der Waals surface area contributed by atoms with Crippen molar-refractivity contribution < 1.29 is 9.47 Å². The Hall–Kier alpha value is -2.73. The highest BCUT2D eigenvalue weighted by Gasteiger charge is 2.11. The van der Waals surface area contributed by atoms with Crippen molar-refractivity contribution in [2.24, 2.45) is 0 Å². The van der Waals surface area contributed by atoms with Crippen LogP contribution in [0.15, 0.2) is 36.4 Å². The van der Waals surface area contributed by atoms with Gasteiger partial charge in [0, 0.05) is 12.7 Å². The van der Waals surface area contributed by atoms with Crippen LogP contribution in [0.4, 0.5) is 5.95 Å². The van der Waals surface area contributed by atoms with E-state index >= 15 is 0 Å². The number of fused-ring (bicyclic) bond motifs is 1. The smallest absolute Gasteiger partial charge is 0.245 e. The Labute approximate surface area is 134 Å². The van der Waals surface area contributed by atoms with Crippen LogP contribution in [0.1, 0.15) is 5.56 Å². The predicted molar refractivity (Wildman–Crippen MR) is 89.3 cm³/mol. The minimum atomic E-state index is 0.162. The molecule has 0 bridgehead atoms. The number of nitrogens with zero attached hydrogens (tertiary/aromatic N) is 3. The van der Waals surface area contributed by atoms with E-state index in [4.69, 9.17) is 15.2 Å². The molecule has 0 spiro atoms. The molecule has 0 unspecified atom stereocenters. The van der Waals surface area contributed by atoms with Crippen molar-refractivity contribution in [3.63, 3.8) is 0 Å². The van der Waals surface area contributed by atoms with E-state index in [0.717, 1.165) is 11.3 Å². The van der Waals surface area contributed by atoms with Crippen LogP contribution in [0.25, 0.3) is 22.3 Å². The number of aromatic nitrogens is 3. The molecular weight excluding hydrogens is 292 g/mol. The lowest BCUT2D eigenvalue weighted by Crippen LogP contribution is -2.08. The Kier molecular flexibility index (Phi) is 4.34. The molecule has 0 aliphatic heterocycles. The molecule has 2 N–H and O–H groups in total. The molecule has 0 saturated heterocycles. The summed E-state index contributed by atoms with van der Waals surface area (Å²) in [5, 5.41) is 0. The minimum absolute atomic E-state index is 0.162. The topological polar surface area (TPSA) is 83.2 Å². The molecule has 3 aromatic rings. The van der Waals surface area contributed by atoms with Crippen LogP contribution in [0.5, 0.6) is 5.88 Å². The normalized spacial score (nSPS) is 10.9. The monoisotopic (exact) mass is 310 g/mol. The Balaban J connectivity index is 2.04. The van der Waals surface area contributed by atoms with Gasteiger partial charge in [-0.3, -0.25) is 0 Å². The maximum atomic E-state index is 5.73. The zero-order valence-corrected chi connectivity index (χ0v) is 13.1. The van der Waals surface area contributed by atoms with Crippen LogP contribution in [0.2, 0.25) is 0 Å². The number of nitrogen functional groups attached to an aromatic ring is 1. The van der Waals surface area contributed by atoms with Gasteiger partial charge in [0.25, 0.3) is 0 Å². The molecule has 0 fully saturated rings. The highest BCUT2D eigenvalue weighted by atomic mass is 16.5. The molecule has 0 saturated carbocycles. The van der Waals surface area contributed by atoms with Gasteiger partial charge in [-0.25, -0.2) is 9.97 Å². The van der Waals surface area contributed by atoms with Gasteiger partial charge in [0.1, 0.15) is 6.61 Å². The summed E-state index contributed by atoms with van der Waals surface area (Å²) in [6.45, 7) is 2.89. The molecule has 23 heavy (non-hydrogen) atoms. The fourth-order valence-electron chi connectivity index (χ4n) is 2.21. The van der Waals surface area contributed by atoms with Crippen molar-refractivity contribution in [2.75, 3.05) is 26.1 Å². The third-order valence-electron chi connectivity index (χ3n) is 3.40. The van der Waals surface area contributed by atoms with Crippen LogP contribution in [-0.4, -0.2) is 35.3 Å². The molecule has 2 aromatic heterocycles. The molecule has 118 valence electrons. The van der Waals surface area contributed by atoms with Crippen molar-refractivity contribution in [1.82, 2.24) is 15.0 Å². The number of ether oxygens (including phenoxy) is 2. The van der Waals surface area contributed by atoms with Gasteiger partial charge in [-0.1, -0.05) is 29.8 Å². The predicted octanol–water partition coefficient (Wildman–Crippen LogP) is 2.61. The SMILES string of the molecule is COCCOc1nc(N)nc2ccc(-c3ccc(C)cc3)nc12. The van der Waals surface area contributed by atoms with E-state index in [0.29, 0.717) is 30.1 Å². The van der Waals surface area contributed by atoms with E-state index in [9.17, 15) is 0 Å². The lowest BCUT2D eigenvalue weighted by atomic mass is 10.1. The first-order chi connectivity index (χ1) is 11.2. The van der Waals surface area contributed by atoms with E-state index in [1.807, 2.05) is 24.3 Å². The van der Waals surface area contributed by atoms with Gasteiger partial charge >= 0.3 is 0 Å². The summed E-state index contributed by atoms with van der Waals surface area (Å²) in [5.74, 6) is 0.535. The Morgan fingerprint density at radius 3 is 2.48 bits per heavy atom. The first kappa shape index (κ1) is 15.2. The van der Waals surface area contributed by atoms with Crippen LogP contribution in [0.3, 0.4) is 0 Å². The molecule has 0 aliphatic rings. The van der Waals surface area contributed by atoms with Gasteiger partial charge < -0.3 is 15.2 Å². The number of aryl methyl sites for hydroxylation is 1. The van der Waals surface area contributed by atoms with Crippen molar-refractivity contribution in [1.29, 1.82) is 0 Å². The molecule has 3 rings (SSSR count). The van der Waals surface area contributed by atoms with Crippen LogP contribution in [0, 0.1) is 6.92 Å². The molecule has 1 aromatic carbocycles. The maximum absolute atomic E-state index is 5.73. The maximum Gasteiger partial charge on any atom is 0.245 e. The van der Waals surface area contributed by atoms with Gasteiger partial charge in [0.2, 0.25) is 11.8 Å². The number of hydrogen-bond acceptors (Lipinski definition) is 6. The molecule has 6 nitrogen and oxygen atoms in total. The summed E-state index contributed by atoms with van der Waals surface area (Å²) in [6, 6.07) is 12.0. The van der Waals surface area contributed by atoms with E-state index in [1.54, 1.807) is 7.11 Å². The number of anilines is 1. The van der Waals surface area contributed by atoms with Crippen molar-refractivity contribution in [3.8, 4) is 17.1 Å². The lowest BCUT2D eigenvalue weighted by Gasteiger charge is -2.09. The Morgan fingerprint density at radius 2 is 1.74 bits per heavy atom. The number of pyridine rings is 1. The zero-order chi connectivity index (χ0) is 16.2. The second-order valence-electron chi connectivity index (χ2n) is 5.16. The van der Waals surface area contributed by atoms with Gasteiger partial charge in [0.15, 0.2) is 5.52 Å². The van der Waals surface area contributed by atoms with Crippen molar-refractivity contribution >= 4 is 17.0 Å². The number of benzene rings is 1. The minimum Gasteiger partial charge on any atom is -0.474 e. The third-order valence-corrected chi connectivity index (χ3v) is 3.40. The Morgan fingerprint density at radius 1 is 0.957 bits per heavy atom. The van der Waals surface area contributed by atoms with Crippen molar-refractivity contribution in [2.45, 2.75) is 6.92 Å². The Bertz CT molecular complexity index is 819. The van der Waals surface area contributed by atoms with E-state index in [-0.39, 0.29) is 5.95 Å². The molecule has 0 amide bonds. The molecule has 0 atom stereocenters. The summed E-state index contributed by atoms with van der Waals surface area (Å²) in [7, 11) is 1.61. The molecule has 0 radical (unpaired) electrons. The van der Waals surface area contributed by atoms with Gasteiger partial charge in [-0.2, -0.15) is 4.98 Å². The van der Waals surface area contributed by atoms with E-state index in [1.165, 1.54) is 5.56 Å². The molecule has 0 aliphatic carbocycles. The fraction of sp³-hybridized carbons (Fsp3) is 0.235. The van der Waals surface area contributed by atoms with Crippen molar-refractivity contribution in [3.05, 3.63) is 42.0 Å². The second-order valence-corrected chi connectivity index (χ2v) is 5.16. The number of rotatable bonds is 5. The van der Waals surface area contributed by atoms with Crippen LogP contribution < -0.4 is 10.5 Å². The average molecular weight is 310 g/mol. The summed E-state index contributed by atoms with van der Waals surface area (Å²) in [4.78, 5) is 13.0. The van der Waals surface area contributed by atoms with E-state index in [2.05, 4.69) is 34.0 Å². The lowest BCUT2D eigenvalue weighted by molar-refractivity contribution is 0.144. The largest absolute Gasteiger partial charge is 0.474 e. The first-order valence-corrected chi connectivity index (χ1v) is 7.30. The third kappa shape index (κ3) is 3.37. The quantitative estimate of drug-likeness (QED) is 0.729. The van der Waals surface area contributed by atoms with Gasteiger partial charge in [-0.05, 0) is 19.1 Å². The first-order valence-electron chi connectivity index (χ1n) is 7.30. The molecular formula is C17H18N4O2. The number of hydrogen-bond donors (Lipinski definition) is 1. The zero-order valence-electron chi connectivity index (χ0n) is 13.1. The average Bonchev–Trinajstić information content (AvgIpc) is 2.55. The number of methoxy groups -OCH3 is 1. The summed E-state index contributed by atoms with van der Waals surface area (Å²) in [6.07, 6.45) is 0. The van der Waals surface area contributed by atoms with Crippen LogP contribution in [-0.2, 0) is 4.74 Å². The summed E-state index contributed by atoms with van der Waals surface area (Å²) < 4.78 is 10.6. The van der Waals surface area contributed by atoms with Crippen LogP contribution >= 0.6 is 0 Å². The fourth-order valence-corrected chi connectivity index (χ4v) is 2.21. The second kappa shape index (κ2) is 6.58. The molecule has 6 heteroatoms. The highest BCUT2D eigenvalue weighted by Crippen LogP contribution is 2.26. The highest BCUT2D eigenvalue weighted by molar-refractivity contribution is 5.83. The number of nitrogens with two attached hydrogens (primary N) is 1. The van der Waals surface area contributed by atoms with E-state index < -0.39 is 0 Å². The summed E-state index contributed by atoms with van der Waals surface area (Å²) >= 11 is 0. The summed E-state index contributed by atoms with van der Waals surface area (Å²) in [5.41, 5.74) is 10.0. The standard InChI is InChI=1S/C17H18N4O2/c1-11-3-5-12(6-4-11)13-7-8-14-15(19-13)16(21-17(18)20-14)23-10-9-22-2/h3-8H,9-10H2,1-2H3,(H2,18,20,21). The molecule has 2 heterocycles.